The van der Waals surface area contributed by atoms with Crippen molar-refractivity contribution in [1.29, 1.82) is 0 Å². The molecule has 1 saturated heterocycles. The van der Waals surface area contributed by atoms with Gasteiger partial charge in [0, 0.05) is 36.8 Å². The van der Waals surface area contributed by atoms with Gasteiger partial charge in [0.25, 0.3) is 0 Å². The molecule has 0 spiro atoms. The van der Waals surface area contributed by atoms with Crippen molar-refractivity contribution >= 4 is 5.65 Å². The van der Waals surface area contributed by atoms with Gasteiger partial charge in [-0.15, -0.1) is 15.3 Å². The van der Waals surface area contributed by atoms with Crippen molar-refractivity contribution in [2.75, 3.05) is 19.8 Å². The fourth-order valence-electron chi connectivity index (χ4n) is 4.71. The van der Waals surface area contributed by atoms with Crippen molar-refractivity contribution in [2.45, 2.75) is 51.3 Å². The van der Waals surface area contributed by atoms with Crippen LogP contribution in [-0.2, 0) is 24.3 Å². The average Bonchev–Trinajstić information content (AvgIpc) is 3.44. The van der Waals surface area contributed by atoms with Gasteiger partial charge < -0.3 is 14.0 Å². The molecule has 10 heteroatoms. The third kappa shape index (κ3) is 3.54. The van der Waals surface area contributed by atoms with E-state index < -0.39 is 0 Å². The van der Waals surface area contributed by atoms with Gasteiger partial charge in [0.2, 0.25) is 11.7 Å². The van der Waals surface area contributed by atoms with Gasteiger partial charge in [-0.1, -0.05) is 11.2 Å². The lowest BCUT2D eigenvalue weighted by Gasteiger charge is -2.39. The molecule has 1 saturated carbocycles. The smallest absolute Gasteiger partial charge is 0.235 e. The highest BCUT2D eigenvalue weighted by Gasteiger charge is 2.31. The minimum absolute atomic E-state index is 0.367. The average molecular weight is 460 g/mol. The van der Waals surface area contributed by atoms with Gasteiger partial charge in [-0.2, -0.15) is 4.52 Å². The standard InChI is InChI=1S/C24H25N7O3/c1-14-8-21(29-34-14)23-27-26-22-9-19(15-2-3-15)24(28-31(22)23)33-11-17-5-4-16-10-30(18-12-32-13-18)7-6-20(16)25-17/h4-5,8-9,15,18H,2-3,6-7,10-13H2,1H3. The predicted molar refractivity (Wildman–Crippen MR) is 120 cm³/mol. The summed E-state index contributed by atoms with van der Waals surface area (Å²) in [6, 6.07) is 8.67. The number of pyridine rings is 1. The topological polar surface area (TPSA) is 104 Å². The Hall–Kier alpha value is -3.37. The zero-order valence-corrected chi connectivity index (χ0v) is 19.0. The van der Waals surface area contributed by atoms with Crippen LogP contribution in [0.3, 0.4) is 0 Å². The Balaban J connectivity index is 1.14. The third-order valence-corrected chi connectivity index (χ3v) is 6.89. The molecule has 0 bridgehead atoms. The Bertz CT molecular complexity index is 1370. The number of nitrogens with zero attached hydrogens (tertiary/aromatic N) is 7. The van der Waals surface area contributed by atoms with Gasteiger partial charge in [-0.05, 0) is 43.4 Å². The SMILES string of the molecule is Cc1cc(-c2nnc3cc(C4CC4)c(OCc4ccc5c(n4)CCN(C4COC4)C5)nn23)no1. The first-order chi connectivity index (χ1) is 16.7. The molecular weight excluding hydrogens is 434 g/mol. The summed E-state index contributed by atoms with van der Waals surface area (Å²) in [7, 11) is 0. The molecule has 7 rings (SSSR count). The molecule has 2 fully saturated rings. The van der Waals surface area contributed by atoms with Crippen LogP contribution in [0, 0.1) is 6.92 Å². The molecule has 0 amide bonds. The summed E-state index contributed by atoms with van der Waals surface area (Å²) in [5.41, 5.74) is 5.75. The minimum Gasteiger partial charge on any atom is -0.470 e. The summed E-state index contributed by atoms with van der Waals surface area (Å²) in [4.78, 5) is 7.41. The maximum Gasteiger partial charge on any atom is 0.235 e. The maximum atomic E-state index is 6.25. The van der Waals surface area contributed by atoms with Crippen molar-refractivity contribution in [3.05, 3.63) is 52.5 Å². The van der Waals surface area contributed by atoms with E-state index in [-0.39, 0.29) is 0 Å². The molecule has 34 heavy (non-hydrogen) atoms. The fourth-order valence-corrected chi connectivity index (χ4v) is 4.71. The molecule has 4 aromatic heterocycles. The second kappa shape index (κ2) is 7.85. The van der Waals surface area contributed by atoms with E-state index in [0.29, 0.717) is 47.4 Å². The second-order valence-corrected chi connectivity index (χ2v) is 9.40. The number of hydrogen-bond donors (Lipinski definition) is 0. The molecule has 3 aliphatic rings. The van der Waals surface area contributed by atoms with E-state index in [1.54, 1.807) is 4.52 Å². The van der Waals surface area contributed by atoms with E-state index >= 15 is 0 Å². The van der Waals surface area contributed by atoms with E-state index in [1.165, 1.54) is 11.3 Å². The summed E-state index contributed by atoms with van der Waals surface area (Å²) in [5.74, 6) is 2.31. The predicted octanol–water partition coefficient (Wildman–Crippen LogP) is 2.70. The quantitative estimate of drug-likeness (QED) is 0.430. The van der Waals surface area contributed by atoms with Crippen molar-refractivity contribution in [2.24, 2.45) is 0 Å². The molecule has 0 aromatic carbocycles. The van der Waals surface area contributed by atoms with E-state index in [1.807, 2.05) is 19.1 Å². The van der Waals surface area contributed by atoms with Crippen LogP contribution in [0.4, 0.5) is 0 Å². The molecular formula is C24H25N7O3. The first-order valence-corrected chi connectivity index (χ1v) is 11.8. The van der Waals surface area contributed by atoms with Crippen LogP contribution in [0.1, 0.15) is 47.0 Å². The molecule has 174 valence electrons. The number of ether oxygens (including phenoxy) is 2. The highest BCUT2D eigenvalue weighted by atomic mass is 16.5. The number of fused-ring (bicyclic) bond motifs is 2. The lowest BCUT2D eigenvalue weighted by Crippen LogP contribution is -2.50. The highest BCUT2D eigenvalue weighted by molar-refractivity contribution is 5.56. The zero-order chi connectivity index (χ0) is 22.6. The third-order valence-electron chi connectivity index (χ3n) is 6.89. The Kier molecular flexibility index (Phi) is 4.63. The van der Waals surface area contributed by atoms with Gasteiger partial charge >= 0.3 is 0 Å². The van der Waals surface area contributed by atoms with E-state index in [9.17, 15) is 0 Å². The van der Waals surface area contributed by atoms with Crippen LogP contribution in [0.15, 0.2) is 28.8 Å². The largest absolute Gasteiger partial charge is 0.470 e. The minimum atomic E-state index is 0.367. The number of aryl methyl sites for hydroxylation is 1. The fraction of sp³-hybridized carbons (Fsp3) is 0.458. The molecule has 1 aliphatic carbocycles. The molecule has 2 aliphatic heterocycles. The van der Waals surface area contributed by atoms with Crippen molar-refractivity contribution in [1.82, 2.24) is 34.9 Å². The number of rotatable bonds is 6. The summed E-state index contributed by atoms with van der Waals surface area (Å²) in [6.45, 7) is 5.88. The Morgan fingerprint density at radius 3 is 2.82 bits per heavy atom. The Labute approximate surface area is 195 Å². The zero-order valence-electron chi connectivity index (χ0n) is 19.0. The van der Waals surface area contributed by atoms with Crippen molar-refractivity contribution in [3.63, 3.8) is 0 Å². The maximum absolute atomic E-state index is 6.25. The van der Waals surface area contributed by atoms with Crippen LogP contribution in [0.2, 0.25) is 0 Å². The van der Waals surface area contributed by atoms with Gasteiger partial charge in [-0.3, -0.25) is 9.88 Å². The number of aromatic nitrogens is 6. The summed E-state index contributed by atoms with van der Waals surface area (Å²) in [5, 5.41) is 17.4. The molecule has 0 atom stereocenters. The molecule has 0 N–H and O–H groups in total. The molecule has 0 radical (unpaired) electrons. The normalized spacial score (nSPS) is 18.7. The van der Waals surface area contributed by atoms with Gasteiger partial charge in [-0.25, -0.2) is 0 Å². The lowest BCUT2D eigenvalue weighted by atomic mass is 10.0. The molecule has 4 aromatic rings. The van der Waals surface area contributed by atoms with Crippen molar-refractivity contribution < 1.29 is 14.0 Å². The van der Waals surface area contributed by atoms with Crippen LogP contribution in [0.25, 0.3) is 17.2 Å². The molecule has 10 nitrogen and oxygen atoms in total. The second-order valence-electron chi connectivity index (χ2n) is 9.40. The molecule has 6 heterocycles. The van der Waals surface area contributed by atoms with Crippen LogP contribution >= 0.6 is 0 Å². The Morgan fingerprint density at radius 2 is 2.06 bits per heavy atom. The van der Waals surface area contributed by atoms with Crippen LogP contribution in [0.5, 0.6) is 5.88 Å². The summed E-state index contributed by atoms with van der Waals surface area (Å²) < 4.78 is 18.5. The van der Waals surface area contributed by atoms with E-state index in [2.05, 4.69) is 32.4 Å². The van der Waals surface area contributed by atoms with Gasteiger partial charge in [0.1, 0.15) is 12.4 Å². The number of hydrogen-bond acceptors (Lipinski definition) is 9. The first-order valence-electron chi connectivity index (χ1n) is 11.8. The van der Waals surface area contributed by atoms with Gasteiger partial charge in [0.05, 0.1) is 24.9 Å². The lowest BCUT2D eigenvalue weighted by molar-refractivity contribution is -0.0696. The van der Waals surface area contributed by atoms with Crippen LogP contribution < -0.4 is 4.74 Å². The summed E-state index contributed by atoms with van der Waals surface area (Å²) >= 11 is 0. The van der Waals surface area contributed by atoms with Gasteiger partial charge in [0.15, 0.2) is 11.3 Å². The summed E-state index contributed by atoms with van der Waals surface area (Å²) in [6.07, 6.45) is 3.23. The van der Waals surface area contributed by atoms with E-state index in [4.69, 9.17) is 24.1 Å². The molecule has 0 unspecified atom stereocenters. The van der Waals surface area contributed by atoms with E-state index in [0.717, 1.165) is 56.8 Å². The monoisotopic (exact) mass is 459 g/mol. The first kappa shape index (κ1) is 20.0. The Morgan fingerprint density at radius 1 is 1.15 bits per heavy atom. The highest BCUT2D eigenvalue weighted by Crippen LogP contribution is 2.44. The van der Waals surface area contributed by atoms with Crippen LogP contribution in [-0.4, -0.2) is 60.7 Å². The van der Waals surface area contributed by atoms with Crippen molar-refractivity contribution in [3.8, 4) is 17.4 Å².